The molecule has 0 spiro atoms. The molecule has 4 N–H and O–H groups in total. The van der Waals surface area contributed by atoms with Gasteiger partial charge in [-0.1, -0.05) is 25.6 Å². The molecule has 1 heterocycles. The van der Waals surface area contributed by atoms with Crippen molar-refractivity contribution in [1.29, 1.82) is 0 Å². The Hall–Kier alpha value is -1.91. The number of hydrogen-bond donors (Lipinski definition) is 4. The SMILES string of the molecule is CC(C)(CO)C(O)C(=O)NCCC(=O)NCCSC(=O)/C=C1\CCC(=O)O1. The number of aliphatic hydroxyl groups excluding tert-OH is 2. The minimum absolute atomic E-state index is 0.0244. The molecule has 1 aliphatic heterocycles. The summed E-state index contributed by atoms with van der Waals surface area (Å²) in [6, 6.07) is 0. The molecule has 2 amide bonds. The van der Waals surface area contributed by atoms with E-state index in [1.807, 2.05) is 0 Å². The Balaban J connectivity index is 2.14. The monoisotopic (exact) mass is 402 g/mol. The summed E-state index contributed by atoms with van der Waals surface area (Å²) in [5, 5.41) is 23.7. The highest BCUT2D eigenvalue weighted by Gasteiger charge is 2.32. The zero-order chi connectivity index (χ0) is 20.4. The molecule has 27 heavy (non-hydrogen) atoms. The smallest absolute Gasteiger partial charge is 0.311 e. The van der Waals surface area contributed by atoms with E-state index in [9.17, 15) is 24.3 Å². The van der Waals surface area contributed by atoms with E-state index in [4.69, 9.17) is 9.84 Å². The summed E-state index contributed by atoms with van der Waals surface area (Å²) >= 11 is 0.997. The number of carbonyl (C=O) groups is 4. The summed E-state index contributed by atoms with van der Waals surface area (Å²) in [6.45, 7) is 3.07. The average molecular weight is 402 g/mol. The summed E-state index contributed by atoms with van der Waals surface area (Å²) < 4.78 is 4.84. The summed E-state index contributed by atoms with van der Waals surface area (Å²) in [6.07, 6.45) is 0.645. The quantitative estimate of drug-likeness (QED) is 0.217. The summed E-state index contributed by atoms with van der Waals surface area (Å²) in [5.41, 5.74) is -0.970. The van der Waals surface area contributed by atoms with Crippen molar-refractivity contribution in [3.8, 4) is 0 Å². The third-order valence-electron chi connectivity index (χ3n) is 3.82. The first-order chi connectivity index (χ1) is 12.7. The van der Waals surface area contributed by atoms with Crippen LogP contribution in [0, 0.1) is 5.41 Å². The molecule has 10 heteroatoms. The number of amides is 2. The Morgan fingerprint density at radius 3 is 2.56 bits per heavy atom. The second kappa shape index (κ2) is 11.1. The van der Waals surface area contributed by atoms with Crippen molar-refractivity contribution in [2.24, 2.45) is 5.41 Å². The largest absolute Gasteiger partial charge is 0.431 e. The van der Waals surface area contributed by atoms with Gasteiger partial charge < -0.3 is 25.6 Å². The van der Waals surface area contributed by atoms with Crippen molar-refractivity contribution in [1.82, 2.24) is 10.6 Å². The average Bonchev–Trinajstić information content (AvgIpc) is 3.02. The van der Waals surface area contributed by atoms with E-state index in [-0.39, 0.29) is 49.5 Å². The lowest BCUT2D eigenvalue weighted by Crippen LogP contribution is -2.46. The molecule has 1 unspecified atom stereocenters. The molecule has 1 rings (SSSR count). The second-order valence-electron chi connectivity index (χ2n) is 6.69. The molecular formula is C17H26N2O7S. The number of allylic oxidation sites excluding steroid dienone is 1. The van der Waals surface area contributed by atoms with E-state index >= 15 is 0 Å². The molecule has 0 aromatic rings. The molecular weight excluding hydrogens is 376 g/mol. The van der Waals surface area contributed by atoms with Crippen LogP contribution < -0.4 is 10.6 Å². The summed E-state index contributed by atoms with van der Waals surface area (Å²) in [4.78, 5) is 46.0. The second-order valence-corrected chi connectivity index (χ2v) is 7.79. The first kappa shape index (κ1) is 23.1. The van der Waals surface area contributed by atoms with E-state index in [0.29, 0.717) is 17.9 Å². The van der Waals surface area contributed by atoms with Crippen LogP contribution in [0.1, 0.15) is 33.1 Å². The molecule has 0 bridgehead atoms. The van der Waals surface area contributed by atoms with E-state index in [0.717, 1.165) is 11.8 Å². The van der Waals surface area contributed by atoms with Gasteiger partial charge in [-0.15, -0.1) is 0 Å². The lowest BCUT2D eigenvalue weighted by atomic mass is 9.87. The number of cyclic esters (lactones) is 1. The maximum atomic E-state index is 11.7. The predicted octanol–water partition coefficient (Wildman–Crippen LogP) is -0.531. The van der Waals surface area contributed by atoms with Crippen molar-refractivity contribution in [2.45, 2.75) is 39.2 Å². The highest BCUT2D eigenvalue weighted by atomic mass is 32.2. The van der Waals surface area contributed by atoms with Gasteiger partial charge in [0.15, 0.2) is 0 Å². The Morgan fingerprint density at radius 1 is 1.26 bits per heavy atom. The van der Waals surface area contributed by atoms with Gasteiger partial charge in [-0.05, 0) is 0 Å². The van der Waals surface area contributed by atoms with Gasteiger partial charge in [-0.2, -0.15) is 0 Å². The van der Waals surface area contributed by atoms with Gasteiger partial charge in [0.25, 0.3) is 0 Å². The topological polar surface area (TPSA) is 142 Å². The fourth-order valence-corrected chi connectivity index (χ4v) is 2.64. The predicted molar refractivity (Wildman–Crippen MR) is 98.4 cm³/mol. The highest BCUT2D eigenvalue weighted by molar-refractivity contribution is 8.14. The van der Waals surface area contributed by atoms with Crippen LogP contribution in [0.2, 0.25) is 0 Å². The number of esters is 1. The van der Waals surface area contributed by atoms with Crippen LogP contribution in [0.4, 0.5) is 0 Å². The number of rotatable bonds is 10. The number of carbonyl (C=O) groups excluding carboxylic acids is 4. The maximum absolute atomic E-state index is 11.7. The van der Waals surface area contributed by atoms with Crippen molar-refractivity contribution < 1.29 is 34.1 Å². The number of aliphatic hydroxyl groups is 2. The van der Waals surface area contributed by atoms with Crippen LogP contribution in [0.15, 0.2) is 11.8 Å². The van der Waals surface area contributed by atoms with Gasteiger partial charge in [-0.25, -0.2) is 0 Å². The fraction of sp³-hybridized carbons (Fsp3) is 0.647. The molecule has 0 aromatic heterocycles. The number of ether oxygens (including phenoxy) is 1. The zero-order valence-corrected chi connectivity index (χ0v) is 16.3. The van der Waals surface area contributed by atoms with E-state index in [1.165, 1.54) is 6.08 Å². The third-order valence-corrected chi connectivity index (χ3v) is 4.63. The number of thioether (sulfide) groups is 1. The molecule has 9 nitrogen and oxygen atoms in total. The Morgan fingerprint density at radius 2 is 1.96 bits per heavy atom. The van der Waals surface area contributed by atoms with E-state index in [1.54, 1.807) is 13.8 Å². The van der Waals surface area contributed by atoms with Crippen molar-refractivity contribution >= 4 is 34.7 Å². The van der Waals surface area contributed by atoms with Gasteiger partial charge in [0.1, 0.15) is 11.9 Å². The molecule has 0 saturated carbocycles. The highest BCUT2D eigenvalue weighted by Crippen LogP contribution is 2.20. The minimum atomic E-state index is -1.37. The van der Waals surface area contributed by atoms with Gasteiger partial charge in [0.05, 0.1) is 13.0 Å². The van der Waals surface area contributed by atoms with Gasteiger partial charge in [-0.3, -0.25) is 19.2 Å². The Bertz CT molecular complexity index is 604. The van der Waals surface area contributed by atoms with Crippen LogP contribution in [-0.4, -0.2) is 64.7 Å². The molecule has 0 aliphatic carbocycles. The molecule has 0 radical (unpaired) electrons. The van der Waals surface area contributed by atoms with Gasteiger partial charge >= 0.3 is 5.97 Å². The summed E-state index contributed by atoms with van der Waals surface area (Å²) in [7, 11) is 0. The Kier molecular flexibility index (Phi) is 9.47. The lowest BCUT2D eigenvalue weighted by Gasteiger charge is -2.27. The summed E-state index contributed by atoms with van der Waals surface area (Å²) in [5.74, 6) is -0.571. The van der Waals surface area contributed by atoms with Crippen LogP contribution in [0.3, 0.4) is 0 Å². The normalized spacial score (nSPS) is 16.7. The minimum Gasteiger partial charge on any atom is -0.431 e. The van der Waals surface area contributed by atoms with E-state index < -0.39 is 17.4 Å². The molecule has 1 atom stereocenters. The number of hydrogen-bond acceptors (Lipinski definition) is 8. The van der Waals surface area contributed by atoms with Crippen LogP contribution in [0.25, 0.3) is 0 Å². The van der Waals surface area contributed by atoms with E-state index in [2.05, 4.69) is 10.6 Å². The van der Waals surface area contributed by atoms with Crippen LogP contribution in [0.5, 0.6) is 0 Å². The standard InChI is InChI=1S/C17H26N2O7S/c1-17(2,10-20)15(24)16(25)19-6-5-12(21)18-7-8-27-14(23)9-11-3-4-13(22)26-11/h9,15,20,24H,3-8,10H2,1-2H3,(H,18,21)(H,19,25)/b11-9+. The zero-order valence-electron chi connectivity index (χ0n) is 15.4. The first-order valence-corrected chi connectivity index (χ1v) is 9.55. The molecule has 152 valence electrons. The fourth-order valence-electron chi connectivity index (χ4n) is 2.02. The molecule has 1 aliphatic rings. The molecule has 1 fully saturated rings. The van der Waals surface area contributed by atoms with Gasteiger partial charge in [0, 0.05) is 43.2 Å². The van der Waals surface area contributed by atoms with Crippen LogP contribution >= 0.6 is 11.8 Å². The third kappa shape index (κ3) is 8.55. The van der Waals surface area contributed by atoms with Crippen molar-refractivity contribution in [2.75, 3.05) is 25.4 Å². The Labute approximate surface area is 161 Å². The molecule has 0 aromatic carbocycles. The number of nitrogens with one attached hydrogen (secondary N) is 2. The molecule has 1 saturated heterocycles. The lowest BCUT2D eigenvalue weighted by molar-refractivity contribution is -0.137. The maximum Gasteiger partial charge on any atom is 0.311 e. The van der Waals surface area contributed by atoms with Crippen LogP contribution in [-0.2, 0) is 23.9 Å². The first-order valence-electron chi connectivity index (χ1n) is 8.57. The van der Waals surface area contributed by atoms with Gasteiger partial charge in [0.2, 0.25) is 16.9 Å². The van der Waals surface area contributed by atoms with Crippen molar-refractivity contribution in [3.63, 3.8) is 0 Å². The van der Waals surface area contributed by atoms with Crippen molar-refractivity contribution in [3.05, 3.63) is 11.8 Å².